The van der Waals surface area contributed by atoms with Crippen molar-refractivity contribution in [3.8, 4) is 0 Å². The predicted molar refractivity (Wildman–Crippen MR) is 98.9 cm³/mol. The third kappa shape index (κ3) is 3.66. The molecule has 0 aliphatic carbocycles. The summed E-state index contributed by atoms with van der Waals surface area (Å²) in [6.07, 6.45) is -4.40. The van der Waals surface area contributed by atoms with E-state index in [1.54, 1.807) is 6.92 Å². The monoisotopic (exact) mass is 437 g/mol. The standard InChI is InChI=1S/C17H16Cl2F3N3O3/c1-7-12-10(2-3-23-16(7)28)25(6-17(20,21)22)15-13(12)9(24-11(27)5-26)4-8(18)14(15)19/h4,7,26H,2-3,5-6H2,1H3,(H,23,28)(H,24,27)/t7-/m0/s1. The molecule has 2 amide bonds. The van der Waals surface area contributed by atoms with Gasteiger partial charge in [0.2, 0.25) is 11.8 Å². The van der Waals surface area contributed by atoms with E-state index in [1.165, 1.54) is 6.07 Å². The van der Waals surface area contributed by atoms with Crippen LogP contribution >= 0.6 is 23.2 Å². The van der Waals surface area contributed by atoms with Crippen LogP contribution in [0.15, 0.2) is 6.07 Å². The highest BCUT2D eigenvalue weighted by Gasteiger charge is 2.36. The summed E-state index contributed by atoms with van der Waals surface area (Å²) >= 11 is 12.4. The van der Waals surface area contributed by atoms with Gasteiger partial charge in [0.25, 0.3) is 0 Å². The van der Waals surface area contributed by atoms with Gasteiger partial charge in [-0.2, -0.15) is 13.2 Å². The second-order valence-corrected chi connectivity index (χ2v) is 7.26. The van der Waals surface area contributed by atoms with E-state index in [1.807, 2.05) is 0 Å². The number of nitrogens with one attached hydrogen (secondary N) is 2. The fourth-order valence-corrected chi connectivity index (χ4v) is 3.98. The van der Waals surface area contributed by atoms with Crippen LogP contribution in [0.5, 0.6) is 0 Å². The molecule has 0 spiro atoms. The van der Waals surface area contributed by atoms with Crippen LogP contribution in [0.1, 0.15) is 24.1 Å². The summed E-state index contributed by atoms with van der Waals surface area (Å²) in [5.74, 6) is -1.91. The Bertz CT molecular complexity index is 972. The summed E-state index contributed by atoms with van der Waals surface area (Å²) in [6, 6.07) is 1.30. The molecule has 1 aromatic carbocycles. The number of nitrogens with zero attached hydrogens (tertiary/aromatic N) is 1. The number of rotatable bonds is 3. The molecule has 0 fully saturated rings. The van der Waals surface area contributed by atoms with Crippen molar-refractivity contribution >= 4 is 51.6 Å². The highest BCUT2D eigenvalue weighted by atomic mass is 35.5. The molecule has 1 aliphatic heterocycles. The maximum Gasteiger partial charge on any atom is 0.406 e. The minimum atomic E-state index is -4.55. The Labute approximate surface area is 167 Å². The molecule has 28 heavy (non-hydrogen) atoms. The van der Waals surface area contributed by atoms with E-state index in [4.69, 9.17) is 28.3 Å². The number of benzene rings is 1. The second-order valence-electron chi connectivity index (χ2n) is 6.47. The quantitative estimate of drug-likeness (QED) is 0.689. The summed E-state index contributed by atoms with van der Waals surface area (Å²) in [5, 5.41) is 14.2. The summed E-state index contributed by atoms with van der Waals surface area (Å²) in [6.45, 7) is -0.429. The van der Waals surface area contributed by atoms with Crippen LogP contribution in [0, 0.1) is 0 Å². The number of halogens is 5. The van der Waals surface area contributed by atoms with Crippen molar-refractivity contribution in [2.45, 2.75) is 32.0 Å². The van der Waals surface area contributed by atoms with Crippen LogP contribution in [0.3, 0.4) is 0 Å². The number of anilines is 1. The Morgan fingerprint density at radius 2 is 2.11 bits per heavy atom. The van der Waals surface area contributed by atoms with Crippen LogP contribution in [0.4, 0.5) is 18.9 Å². The molecular weight excluding hydrogens is 422 g/mol. The molecule has 3 N–H and O–H groups in total. The fraction of sp³-hybridized carbons (Fsp3) is 0.412. The molecular formula is C17H16Cl2F3N3O3. The van der Waals surface area contributed by atoms with Crippen LogP contribution in [-0.4, -0.2) is 40.8 Å². The van der Waals surface area contributed by atoms with Crippen LogP contribution in [0.2, 0.25) is 10.0 Å². The lowest BCUT2D eigenvalue weighted by atomic mass is 9.96. The van der Waals surface area contributed by atoms with Gasteiger partial charge < -0.3 is 20.3 Å². The number of carbonyl (C=O) groups is 2. The van der Waals surface area contributed by atoms with Crippen molar-refractivity contribution in [3.63, 3.8) is 0 Å². The molecule has 0 saturated heterocycles. The lowest BCUT2D eigenvalue weighted by molar-refractivity contribution is -0.140. The largest absolute Gasteiger partial charge is 0.406 e. The van der Waals surface area contributed by atoms with Crippen molar-refractivity contribution in [1.82, 2.24) is 9.88 Å². The van der Waals surface area contributed by atoms with Gasteiger partial charge in [0, 0.05) is 24.0 Å². The van der Waals surface area contributed by atoms with Crippen LogP contribution in [0.25, 0.3) is 10.9 Å². The van der Waals surface area contributed by atoms with Gasteiger partial charge >= 0.3 is 6.18 Å². The molecule has 152 valence electrons. The minimum absolute atomic E-state index is 0.00807. The van der Waals surface area contributed by atoms with Crippen molar-refractivity contribution in [1.29, 1.82) is 0 Å². The molecule has 3 rings (SSSR count). The summed E-state index contributed by atoms with van der Waals surface area (Å²) in [4.78, 5) is 24.1. The first-order valence-corrected chi connectivity index (χ1v) is 9.09. The predicted octanol–water partition coefficient (Wildman–Crippen LogP) is 3.22. The molecule has 1 atom stereocenters. The van der Waals surface area contributed by atoms with E-state index in [0.717, 1.165) is 4.57 Å². The number of hydrogen-bond acceptors (Lipinski definition) is 3. The van der Waals surface area contributed by atoms with Gasteiger partial charge in [-0.25, -0.2) is 0 Å². The highest BCUT2D eigenvalue weighted by Crippen LogP contribution is 2.45. The maximum atomic E-state index is 13.3. The Morgan fingerprint density at radius 1 is 1.43 bits per heavy atom. The normalized spacial score (nSPS) is 17.2. The number of aromatic nitrogens is 1. The molecule has 0 radical (unpaired) electrons. The van der Waals surface area contributed by atoms with Gasteiger partial charge in [0.15, 0.2) is 0 Å². The minimum Gasteiger partial charge on any atom is -0.387 e. The Morgan fingerprint density at radius 3 is 2.71 bits per heavy atom. The first-order valence-electron chi connectivity index (χ1n) is 8.33. The molecule has 0 saturated carbocycles. The Kier molecular flexibility index (Phi) is 5.53. The first kappa shape index (κ1) is 20.8. The Balaban J connectivity index is 2.43. The molecule has 6 nitrogen and oxygen atoms in total. The first-order chi connectivity index (χ1) is 13.0. The van der Waals surface area contributed by atoms with Gasteiger partial charge in [-0.3, -0.25) is 9.59 Å². The van der Waals surface area contributed by atoms with Gasteiger partial charge in [-0.1, -0.05) is 23.2 Å². The summed E-state index contributed by atoms with van der Waals surface area (Å²) in [5.41, 5.74) is 0.719. The lowest BCUT2D eigenvalue weighted by Gasteiger charge is -2.15. The zero-order valence-corrected chi connectivity index (χ0v) is 16.1. The van der Waals surface area contributed by atoms with Gasteiger partial charge in [-0.15, -0.1) is 0 Å². The lowest BCUT2D eigenvalue weighted by Crippen LogP contribution is -2.27. The SMILES string of the molecule is C[C@@H]1C(=O)NCCc2c1c1c(NC(=O)CO)cc(Cl)c(Cl)c1n2CC(F)(F)F. The van der Waals surface area contributed by atoms with Crippen molar-refractivity contribution in [3.05, 3.63) is 27.4 Å². The average molecular weight is 438 g/mol. The summed E-state index contributed by atoms with van der Waals surface area (Å²) in [7, 11) is 0. The van der Waals surface area contributed by atoms with Gasteiger partial charge in [0.05, 0.1) is 27.2 Å². The number of hydrogen-bond donors (Lipinski definition) is 3. The van der Waals surface area contributed by atoms with Crippen molar-refractivity contribution in [2.24, 2.45) is 0 Å². The number of amides is 2. The fourth-order valence-electron chi connectivity index (χ4n) is 3.53. The number of fused-ring (bicyclic) bond motifs is 3. The molecule has 0 unspecified atom stereocenters. The van der Waals surface area contributed by atoms with Gasteiger partial charge in [0.1, 0.15) is 13.2 Å². The number of alkyl halides is 3. The van der Waals surface area contributed by atoms with E-state index in [0.29, 0.717) is 11.3 Å². The Hall–Kier alpha value is -1.97. The van der Waals surface area contributed by atoms with Gasteiger partial charge in [-0.05, 0) is 18.6 Å². The average Bonchev–Trinajstić information content (AvgIpc) is 2.83. The number of aliphatic hydroxyl groups excluding tert-OH is 1. The highest BCUT2D eigenvalue weighted by molar-refractivity contribution is 6.46. The van der Waals surface area contributed by atoms with E-state index in [2.05, 4.69) is 10.6 Å². The third-order valence-electron chi connectivity index (χ3n) is 4.61. The molecule has 2 heterocycles. The molecule has 1 aliphatic rings. The molecule has 2 aromatic rings. The third-order valence-corrected chi connectivity index (χ3v) is 5.39. The van der Waals surface area contributed by atoms with E-state index in [9.17, 15) is 22.8 Å². The molecule has 0 bridgehead atoms. The van der Waals surface area contributed by atoms with E-state index in [-0.39, 0.29) is 45.5 Å². The van der Waals surface area contributed by atoms with Crippen LogP contribution in [-0.2, 0) is 22.6 Å². The second kappa shape index (κ2) is 7.46. The zero-order valence-electron chi connectivity index (χ0n) is 14.6. The van der Waals surface area contributed by atoms with E-state index < -0.39 is 31.2 Å². The zero-order chi connectivity index (χ0) is 20.8. The number of carbonyl (C=O) groups excluding carboxylic acids is 2. The summed E-state index contributed by atoms with van der Waals surface area (Å²) < 4.78 is 40.9. The van der Waals surface area contributed by atoms with Crippen LogP contribution < -0.4 is 10.6 Å². The molecule has 11 heteroatoms. The number of aliphatic hydroxyl groups is 1. The smallest absolute Gasteiger partial charge is 0.387 e. The topological polar surface area (TPSA) is 83.4 Å². The maximum absolute atomic E-state index is 13.3. The molecule has 1 aromatic heterocycles. The van der Waals surface area contributed by atoms with Crippen molar-refractivity contribution in [2.75, 3.05) is 18.5 Å². The van der Waals surface area contributed by atoms with E-state index >= 15 is 0 Å². The van der Waals surface area contributed by atoms with Crippen molar-refractivity contribution < 1.29 is 27.9 Å².